The van der Waals surface area contributed by atoms with E-state index in [0.29, 0.717) is 96.0 Å². The van der Waals surface area contributed by atoms with Crippen molar-refractivity contribution in [3.05, 3.63) is 62.5 Å². The van der Waals surface area contributed by atoms with Crippen molar-refractivity contribution in [1.82, 2.24) is 68.7 Å². The molecule has 554 valence electrons. The second-order valence-corrected chi connectivity index (χ2v) is 47.9. The van der Waals surface area contributed by atoms with Crippen molar-refractivity contribution >= 4 is 166 Å². The van der Waals surface area contributed by atoms with E-state index in [4.69, 9.17) is 79.7 Å². The molecule has 0 spiro atoms. The Morgan fingerprint density at radius 1 is 0.505 bits per heavy atom. The number of carbonyl (C=O) groups is 2. The van der Waals surface area contributed by atoms with E-state index < -0.39 is 41.9 Å². The molecule has 0 atom stereocenters. The second-order valence-electron chi connectivity index (χ2n) is 28.1. The summed E-state index contributed by atoms with van der Waals surface area (Å²) in [6.45, 7) is 26.8. The Morgan fingerprint density at radius 3 is 1.17 bits per heavy atom. The third kappa shape index (κ3) is 20.7. The number of aryl methyl sites for hydroxylation is 3. The van der Waals surface area contributed by atoms with Crippen LogP contribution in [0.15, 0.2) is 85.5 Å². The zero-order valence-electron chi connectivity index (χ0n) is 60.5. The van der Waals surface area contributed by atoms with Gasteiger partial charge >= 0.3 is 218 Å². The molecule has 9 heterocycles. The molecule has 9 aromatic rings. The molecule has 6 aromatic heterocycles. The minimum Gasteiger partial charge on any atom is -0.454 e. The fourth-order valence-electron chi connectivity index (χ4n) is 10.6. The number of anilines is 3. The number of ether oxygens (including phenoxy) is 8. The summed E-state index contributed by atoms with van der Waals surface area (Å²) in [5.41, 5.74) is 20.9. The minimum atomic E-state index is -2.56. The first kappa shape index (κ1) is 78.9. The molecule has 0 fully saturated rings. The summed E-state index contributed by atoms with van der Waals surface area (Å²) in [5, 5.41) is 5.59. The van der Waals surface area contributed by atoms with Gasteiger partial charge in [0.1, 0.15) is 23.9 Å². The summed E-state index contributed by atoms with van der Waals surface area (Å²) in [6.07, 6.45) is 7.72. The molecular formula is C68H89I2N17O12S3Sn. The van der Waals surface area contributed by atoms with Gasteiger partial charge in [0.05, 0.1) is 0 Å². The molecule has 3 aliphatic heterocycles. The molecule has 12 rings (SSSR count). The zero-order valence-corrected chi connectivity index (χ0v) is 70.1. The summed E-state index contributed by atoms with van der Waals surface area (Å²) >= 11 is 6.68. The number of hydrogen-bond acceptors (Lipinski definition) is 29. The van der Waals surface area contributed by atoms with Crippen LogP contribution in [0.3, 0.4) is 0 Å². The molecule has 0 aliphatic carbocycles. The molecule has 0 unspecified atom stereocenters. The maximum atomic E-state index is 12.3. The number of nitrogen functional groups attached to an aromatic ring is 3. The third-order valence-corrected chi connectivity index (χ3v) is 27.5. The SMILES string of the molecule is CC(C)CCCCn1c(Sc2cc3c(cc2[124I])OCO3)nc2c(N)ncnc21.CC(C)N(CCCn1c(Sc2cc3c(c[c]2[Sn]([CH3])([CH3])[CH3])OCO3)nc2c(N)ncnc21)OC(=O)OC(C)(C)C.CC(C)N(CCCn1c(Sc2cc3c(cc2[124I])OCO3)nc2c(N)ncnc21)OC(=O)OC(C)(C)C. The van der Waals surface area contributed by atoms with Crippen LogP contribution < -0.4 is 49.2 Å². The van der Waals surface area contributed by atoms with Gasteiger partial charge in [-0.25, -0.2) is 34.7 Å². The molecule has 0 bridgehead atoms. The topological polar surface area (TPSA) is 342 Å². The van der Waals surface area contributed by atoms with Crippen LogP contribution in [-0.2, 0) is 38.8 Å². The van der Waals surface area contributed by atoms with Gasteiger partial charge in [-0.05, 0) is 144 Å². The molecule has 6 N–H and O–H groups in total. The van der Waals surface area contributed by atoms with Crippen LogP contribution >= 0.6 is 80.5 Å². The molecule has 0 saturated heterocycles. The molecule has 0 saturated carbocycles. The Morgan fingerprint density at radius 2 is 0.835 bits per heavy atom. The standard InChI is InChI=1S/C23H29IN6O5S.C23H29N6O5S.C19H22IN5O2S.3CH3.Sn/c1-13(2)30(35-22(31)34-23(3,4)5)8-6-7-29-20-18(19(25)26-11-27-20)28-21(29)36-17-10-16-15(9-14(17)24)32-12-33-16;1-14(2)29(34-22(30)33-23(3,4)5)10-6-9-28-20-18(19(24)25-12-26-20)27-21(28)35-15-7-8-16-17(11-15)32-13-31-16;1-11(2)5-3-4-6-25-18-16(17(21)22-9-23-18)24-19(25)28-15-8-14-13(7-12(15)20)26-10-27-14;;;;/h9-11,13H,6-8,12H2,1-5H3,(H2,25,26,27);8,11-12,14H,6,9-10,13H2,1-5H3,(H2,24,25,26);7-9,11H,3-6,10H2,1-2H3,(H2,21,22,23);3*1H3;/i24-3;;20-3;;;;. The first-order valence-corrected chi connectivity index (χ1v) is 48.3. The molecule has 29 nitrogen and oxygen atoms in total. The summed E-state index contributed by atoms with van der Waals surface area (Å²) in [4.78, 5) is 85.8. The second kappa shape index (κ2) is 34.2. The molecule has 0 amide bonds. The number of aromatic nitrogens is 12. The summed E-state index contributed by atoms with van der Waals surface area (Å²) in [7, 11) is 0. The van der Waals surface area contributed by atoms with Gasteiger partial charge in [0, 0.05) is 42.6 Å². The average molecular weight is 1800 g/mol. The van der Waals surface area contributed by atoms with Gasteiger partial charge in [0.25, 0.3) is 0 Å². The molecule has 3 aliphatic rings. The smallest absolute Gasteiger partial charge is 0.454 e. The average Bonchev–Trinajstić information content (AvgIpc) is 1.64. The monoisotopic (exact) mass is 1800 g/mol. The maximum absolute atomic E-state index is 12.3. The molecule has 0 radical (unpaired) electrons. The van der Waals surface area contributed by atoms with E-state index in [1.165, 1.54) is 47.2 Å². The van der Waals surface area contributed by atoms with Gasteiger partial charge in [0.2, 0.25) is 13.6 Å². The molecular weight excluding hydrogens is 1710 g/mol. The zero-order chi connectivity index (χ0) is 74.2. The number of nitrogens with two attached hydrogens (primary N) is 3. The predicted octanol–water partition coefficient (Wildman–Crippen LogP) is 14.4. The van der Waals surface area contributed by atoms with E-state index >= 15 is 0 Å². The van der Waals surface area contributed by atoms with Crippen LogP contribution in [0.4, 0.5) is 27.0 Å². The third-order valence-electron chi connectivity index (χ3n) is 15.6. The van der Waals surface area contributed by atoms with Gasteiger partial charge in [0.15, 0.2) is 67.3 Å². The van der Waals surface area contributed by atoms with Gasteiger partial charge < -0.3 is 49.1 Å². The molecule has 3 aromatic carbocycles. The number of hydroxylamine groups is 4. The number of carbonyl (C=O) groups excluding carboxylic acids is 2. The van der Waals surface area contributed by atoms with Gasteiger partial charge in [-0.15, -0.1) is 5.06 Å². The van der Waals surface area contributed by atoms with Gasteiger partial charge in [-0.1, -0.05) is 50.2 Å². The van der Waals surface area contributed by atoms with Crippen LogP contribution in [-0.4, -0.2) is 156 Å². The van der Waals surface area contributed by atoms with Crippen LogP contribution in [0.1, 0.15) is 115 Å². The number of nitrogens with zero attached hydrogens (tertiary/aromatic N) is 14. The number of unbranched alkanes of at least 4 members (excludes halogenated alkanes) is 1. The number of benzene rings is 3. The quantitative estimate of drug-likeness (QED) is 0.0166. The van der Waals surface area contributed by atoms with E-state index in [1.807, 2.05) is 56.5 Å². The van der Waals surface area contributed by atoms with Crippen molar-refractivity contribution in [3.63, 3.8) is 0 Å². The molecule has 35 heteroatoms. The van der Waals surface area contributed by atoms with E-state index in [-0.39, 0.29) is 32.5 Å². The number of halogens is 2. The van der Waals surface area contributed by atoms with E-state index in [2.05, 4.69) is 125 Å². The Bertz CT molecular complexity index is 4510. The van der Waals surface area contributed by atoms with Gasteiger partial charge in [-0.3, -0.25) is 0 Å². The van der Waals surface area contributed by atoms with Crippen LogP contribution in [0.2, 0.25) is 14.8 Å². The normalized spacial score (nSPS) is 13.2. The minimum absolute atomic E-state index is 0.0284. The van der Waals surface area contributed by atoms with Crippen molar-refractivity contribution in [2.75, 3.05) is 50.7 Å². The van der Waals surface area contributed by atoms with E-state index in [0.717, 1.165) is 84.7 Å². The Labute approximate surface area is 642 Å². The number of imidazole rings is 3. The summed E-state index contributed by atoms with van der Waals surface area (Å²) in [6, 6.07) is 12.0. The van der Waals surface area contributed by atoms with Crippen molar-refractivity contribution in [2.24, 2.45) is 5.92 Å². The van der Waals surface area contributed by atoms with Crippen LogP contribution in [0, 0.1) is 13.1 Å². The number of fused-ring (bicyclic) bond motifs is 6. The van der Waals surface area contributed by atoms with E-state index in [1.54, 1.807) is 75.2 Å². The van der Waals surface area contributed by atoms with Crippen molar-refractivity contribution in [2.45, 2.75) is 203 Å². The first-order chi connectivity index (χ1) is 48.8. The van der Waals surface area contributed by atoms with Crippen LogP contribution in [0.5, 0.6) is 34.5 Å². The first-order valence-electron chi connectivity index (χ1n) is 33.7. The Balaban J connectivity index is 0.000000168. The van der Waals surface area contributed by atoms with Crippen molar-refractivity contribution in [3.8, 4) is 34.5 Å². The summed E-state index contributed by atoms with van der Waals surface area (Å²) < 4.78 is 53.7. The number of rotatable bonds is 24. The Kier molecular flexibility index (Phi) is 26.2. The van der Waals surface area contributed by atoms with Gasteiger partial charge in [-0.2, -0.15) is 0 Å². The predicted molar refractivity (Wildman–Crippen MR) is 414 cm³/mol. The van der Waals surface area contributed by atoms with Crippen molar-refractivity contribution in [1.29, 1.82) is 0 Å². The van der Waals surface area contributed by atoms with Crippen LogP contribution in [0.25, 0.3) is 33.5 Å². The summed E-state index contributed by atoms with van der Waals surface area (Å²) in [5.74, 6) is 6.28. The fraction of sp³-hybridized carbons (Fsp3) is 0.485. The molecule has 103 heavy (non-hydrogen) atoms. The number of hydrogen-bond donors (Lipinski definition) is 3. The van der Waals surface area contributed by atoms with E-state index in [9.17, 15) is 9.59 Å². The fourth-order valence-corrected chi connectivity index (χ4v) is 21.4. The Hall–Kier alpha value is -6.72. The van der Waals surface area contributed by atoms with Crippen molar-refractivity contribution < 1.29 is 57.2 Å².